The fourth-order valence-electron chi connectivity index (χ4n) is 4.80. The number of hydrogen-bond donors (Lipinski definition) is 0. The lowest BCUT2D eigenvalue weighted by atomic mass is 9.95. The number of anilines is 1. The van der Waals surface area contributed by atoms with E-state index < -0.39 is 0 Å². The molecule has 1 heterocycles. The van der Waals surface area contributed by atoms with Crippen LogP contribution < -0.4 is 4.90 Å². The van der Waals surface area contributed by atoms with E-state index in [0.29, 0.717) is 12.0 Å². The molecule has 1 amide bonds. The maximum Gasteiger partial charge on any atom is 0.223 e. The molecule has 3 nitrogen and oxygen atoms in total. The van der Waals surface area contributed by atoms with Crippen LogP contribution in [0.4, 0.5) is 5.69 Å². The number of rotatable bonds is 6. The topological polar surface area (TPSA) is 23.6 Å². The molecular formula is C24H30N2O. The smallest absolute Gasteiger partial charge is 0.223 e. The predicted octanol–water partition coefficient (Wildman–Crippen LogP) is 5.27. The van der Waals surface area contributed by atoms with Crippen LogP contribution in [0, 0.1) is 0 Å². The Morgan fingerprint density at radius 3 is 2.70 bits per heavy atom. The molecule has 1 aliphatic carbocycles. The Hall–Kier alpha value is -2.13. The Morgan fingerprint density at radius 1 is 1.15 bits per heavy atom. The first-order valence-electron chi connectivity index (χ1n) is 10.4. The molecule has 4 rings (SSSR count). The molecule has 1 aliphatic heterocycles. The minimum absolute atomic E-state index is 0.144. The fraction of sp³-hybridized carbons (Fsp3) is 0.458. The van der Waals surface area contributed by atoms with Crippen LogP contribution in [0.5, 0.6) is 0 Å². The average molecular weight is 363 g/mol. The molecule has 1 saturated heterocycles. The Kier molecular flexibility index (Phi) is 5.31. The van der Waals surface area contributed by atoms with Gasteiger partial charge in [-0.3, -0.25) is 9.69 Å². The maximum absolute atomic E-state index is 12.2. The summed E-state index contributed by atoms with van der Waals surface area (Å²) in [5.74, 6) is 0.831. The molecule has 2 bridgehead atoms. The van der Waals surface area contributed by atoms with Gasteiger partial charge in [-0.25, -0.2) is 0 Å². The number of unbranched alkanes of at least 4 members (excludes halogenated alkanes) is 1. The van der Waals surface area contributed by atoms with E-state index in [1.54, 1.807) is 6.92 Å². The van der Waals surface area contributed by atoms with Crippen molar-refractivity contribution >= 4 is 11.6 Å². The Morgan fingerprint density at radius 2 is 1.96 bits per heavy atom. The van der Waals surface area contributed by atoms with Crippen LogP contribution in [-0.4, -0.2) is 23.9 Å². The number of hydrogen-bond acceptors (Lipinski definition) is 2. The fourth-order valence-corrected chi connectivity index (χ4v) is 4.80. The number of benzene rings is 2. The highest BCUT2D eigenvalue weighted by atomic mass is 16.2. The molecule has 2 atom stereocenters. The third-order valence-electron chi connectivity index (χ3n) is 6.24. The van der Waals surface area contributed by atoms with Crippen molar-refractivity contribution in [1.29, 1.82) is 0 Å². The van der Waals surface area contributed by atoms with Crippen LogP contribution in [-0.2, 0) is 11.3 Å². The third kappa shape index (κ3) is 3.66. The lowest BCUT2D eigenvalue weighted by molar-refractivity contribution is -0.116. The first kappa shape index (κ1) is 18.2. The van der Waals surface area contributed by atoms with Crippen molar-refractivity contribution in [2.24, 2.45) is 0 Å². The Balaban J connectivity index is 1.61. The van der Waals surface area contributed by atoms with Gasteiger partial charge in [0.25, 0.3) is 0 Å². The van der Waals surface area contributed by atoms with Gasteiger partial charge in [0.05, 0.1) is 0 Å². The highest BCUT2D eigenvalue weighted by Gasteiger charge is 2.39. The van der Waals surface area contributed by atoms with Gasteiger partial charge >= 0.3 is 0 Å². The molecule has 2 unspecified atom stereocenters. The molecule has 2 aliphatic rings. The van der Waals surface area contributed by atoms with Crippen molar-refractivity contribution in [3.8, 4) is 0 Å². The minimum atomic E-state index is 0.144. The second-order valence-electron chi connectivity index (χ2n) is 8.03. The van der Waals surface area contributed by atoms with E-state index in [0.717, 1.165) is 38.2 Å². The zero-order valence-electron chi connectivity index (χ0n) is 16.5. The molecule has 0 radical (unpaired) electrons. The summed E-state index contributed by atoms with van der Waals surface area (Å²) >= 11 is 0. The number of fused-ring (bicyclic) bond motifs is 5. The Labute approximate surface area is 163 Å². The molecule has 142 valence electrons. The zero-order chi connectivity index (χ0) is 18.8. The molecule has 2 aromatic carbocycles. The summed E-state index contributed by atoms with van der Waals surface area (Å²) in [6.07, 6.45) is 4.61. The zero-order valence-corrected chi connectivity index (χ0v) is 16.5. The average Bonchev–Trinajstić information content (AvgIpc) is 2.98. The number of carbonyl (C=O) groups is 1. The van der Waals surface area contributed by atoms with Gasteiger partial charge in [-0.1, -0.05) is 49.7 Å². The summed E-state index contributed by atoms with van der Waals surface area (Å²) in [4.78, 5) is 16.8. The number of likely N-dealkylation sites (tertiary alicyclic amines) is 1. The van der Waals surface area contributed by atoms with Crippen molar-refractivity contribution in [2.45, 2.75) is 58.0 Å². The van der Waals surface area contributed by atoms with E-state index in [1.807, 2.05) is 4.90 Å². The summed E-state index contributed by atoms with van der Waals surface area (Å²) in [6, 6.07) is 18.0. The van der Waals surface area contributed by atoms with E-state index in [1.165, 1.54) is 29.5 Å². The molecular weight excluding hydrogens is 332 g/mol. The van der Waals surface area contributed by atoms with Crippen molar-refractivity contribution in [1.82, 2.24) is 4.90 Å². The van der Waals surface area contributed by atoms with Gasteiger partial charge in [-0.05, 0) is 60.5 Å². The highest BCUT2D eigenvalue weighted by molar-refractivity contribution is 5.91. The van der Waals surface area contributed by atoms with Crippen molar-refractivity contribution in [3.05, 3.63) is 65.2 Å². The van der Waals surface area contributed by atoms with E-state index in [4.69, 9.17) is 0 Å². The number of carbonyl (C=O) groups excluding carboxylic acids is 1. The van der Waals surface area contributed by atoms with Crippen LogP contribution in [0.3, 0.4) is 0 Å². The lowest BCUT2D eigenvalue weighted by Gasteiger charge is -2.34. The summed E-state index contributed by atoms with van der Waals surface area (Å²) in [5.41, 5.74) is 5.42. The number of piperidine rings is 1. The second kappa shape index (κ2) is 7.85. The first-order valence-corrected chi connectivity index (χ1v) is 10.4. The van der Waals surface area contributed by atoms with Crippen LogP contribution in [0.25, 0.3) is 0 Å². The van der Waals surface area contributed by atoms with Gasteiger partial charge in [0.2, 0.25) is 5.91 Å². The van der Waals surface area contributed by atoms with Crippen molar-refractivity contribution in [3.63, 3.8) is 0 Å². The third-order valence-corrected chi connectivity index (χ3v) is 6.24. The van der Waals surface area contributed by atoms with E-state index >= 15 is 0 Å². The van der Waals surface area contributed by atoms with E-state index in [-0.39, 0.29) is 5.91 Å². The second-order valence-corrected chi connectivity index (χ2v) is 8.03. The van der Waals surface area contributed by atoms with Crippen LogP contribution in [0.1, 0.15) is 68.2 Å². The van der Waals surface area contributed by atoms with Crippen molar-refractivity contribution in [2.75, 3.05) is 18.0 Å². The lowest BCUT2D eigenvalue weighted by Crippen LogP contribution is -2.32. The predicted molar refractivity (Wildman–Crippen MR) is 111 cm³/mol. The standard InChI is InChI=1S/C24H30N2O/c1-3-4-13-26(18(2)27)21-10-11-22-20-12-14-25(24(15-20)23(22)16-21)17-19-8-6-5-7-9-19/h5-11,16,20,24H,3-4,12-15,17H2,1-2H3. The number of nitrogens with zero attached hydrogens (tertiary/aromatic N) is 2. The summed E-state index contributed by atoms with van der Waals surface area (Å²) < 4.78 is 0. The largest absolute Gasteiger partial charge is 0.313 e. The van der Waals surface area contributed by atoms with Crippen LogP contribution >= 0.6 is 0 Å². The molecule has 2 aromatic rings. The van der Waals surface area contributed by atoms with Gasteiger partial charge in [0.15, 0.2) is 0 Å². The molecule has 0 aromatic heterocycles. The monoisotopic (exact) mass is 362 g/mol. The normalized spacial score (nSPS) is 21.1. The summed E-state index contributed by atoms with van der Waals surface area (Å²) in [5, 5.41) is 0. The quantitative estimate of drug-likeness (QED) is 0.698. The van der Waals surface area contributed by atoms with Gasteiger partial charge < -0.3 is 4.90 Å². The molecule has 3 heteroatoms. The molecule has 27 heavy (non-hydrogen) atoms. The summed E-state index contributed by atoms with van der Waals surface area (Å²) in [6.45, 7) is 6.83. The Bertz CT molecular complexity index is 801. The van der Waals surface area contributed by atoms with Gasteiger partial charge in [0.1, 0.15) is 0 Å². The SMILES string of the molecule is CCCCN(C(C)=O)c1ccc2c(c1)C1CC2CCN1Cc1ccccc1. The molecule has 1 fully saturated rings. The highest BCUT2D eigenvalue weighted by Crippen LogP contribution is 2.50. The van der Waals surface area contributed by atoms with Crippen LogP contribution in [0.2, 0.25) is 0 Å². The van der Waals surface area contributed by atoms with Gasteiger partial charge in [0, 0.05) is 31.7 Å². The molecule has 0 saturated carbocycles. The van der Waals surface area contributed by atoms with Gasteiger partial charge in [-0.15, -0.1) is 0 Å². The molecule has 0 spiro atoms. The number of amides is 1. The summed E-state index contributed by atoms with van der Waals surface area (Å²) in [7, 11) is 0. The van der Waals surface area contributed by atoms with Gasteiger partial charge in [-0.2, -0.15) is 0 Å². The van der Waals surface area contributed by atoms with E-state index in [9.17, 15) is 4.79 Å². The van der Waals surface area contributed by atoms with Crippen LogP contribution in [0.15, 0.2) is 48.5 Å². The maximum atomic E-state index is 12.2. The van der Waals surface area contributed by atoms with Crippen molar-refractivity contribution < 1.29 is 4.79 Å². The molecule has 0 N–H and O–H groups in total. The first-order chi connectivity index (χ1) is 13.2. The minimum Gasteiger partial charge on any atom is -0.313 e. The van der Waals surface area contributed by atoms with E-state index in [2.05, 4.69) is 60.4 Å².